The van der Waals surface area contributed by atoms with Gasteiger partial charge in [-0.25, -0.2) is 4.79 Å². The molecule has 24 heavy (non-hydrogen) atoms. The molecule has 5 nitrogen and oxygen atoms in total. The van der Waals surface area contributed by atoms with Crippen molar-refractivity contribution >= 4 is 39.3 Å². The summed E-state index contributed by atoms with van der Waals surface area (Å²) in [5, 5.41) is 2.75. The summed E-state index contributed by atoms with van der Waals surface area (Å²) in [6.45, 7) is 1.43. The minimum atomic E-state index is -0.559. The Morgan fingerprint density at radius 2 is 1.96 bits per heavy atom. The average Bonchev–Trinajstić information content (AvgIpc) is 2.86. The lowest BCUT2D eigenvalue weighted by atomic mass is 9.99. The number of carbonyl (C=O) groups excluding carboxylic acids is 3. The first kappa shape index (κ1) is 16.4. The van der Waals surface area contributed by atoms with Crippen molar-refractivity contribution in [2.45, 2.75) is 12.8 Å². The number of anilines is 1. The van der Waals surface area contributed by atoms with Crippen LogP contribution in [0.2, 0.25) is 0 Å². The van der Waals surface area contributed by atoms with Gasteiger partial charge in [-0.2, -0.15) is 0 Å². The number of ether oxygens (including phenoxy) is 1. The van der Waals surface area contributed by atoms with Gasteiger partial charge in [-0.3, -0.25) is 9.59 Å². The maximum atomic E-state index is 12.2. The lowest BCUT2D eigenvalue weighted by Gasteiger charge is -2.07. The minimum absolute atomic E-state index is 0.0873. The van der Waals surface area contributed by atoms with E-state index in [9.17, 15) is 14.4 Å². The van der Waals surface area contributed by atoms with E-state index in [-0.39, 0.29) is 24.2 Å². The van der Waals surface area contributed by atoms with Gasteiger partial charge in [0.15, 0.2) is 12.4 Å². The normalized spacial score (nSPS) is 15.6. The van der Waals surface area contributed by atoms with Crippen molar-refractivity contribution in [1.82, 2.24) is 0 Å². The van der Waals surface area contributed by atoms with Crippen molar-refractivity contribution in [2.75, 3.05) is 11.9 Å². The highest BCUT2D eigenvalue weighted by Gasteiger charge is 2.27. The lowest BCUT2D eigenvalue weighted by molar-refractivity contribution is -0.116. The zero-order valence-electron chi connectivity index (χ0n) is 12.8. The molecular formula is C18H14BrNO4. The topological polar surface area (TPSA) is 72.5 Å². The predicted octanol–water partition coefficient (Wildman–Crippen LogP) is 3.54. The van der Waals surface area contributed by atoms with E-state index >= 15 is 0 Å². The van der Waals surface area contributed by atoms with Crippen LogP contribution in [-0.2, 0) is 9.53 Å². The summed E-state index contributed by atoms with van der Waals surface area (Å²) >= 11 is 3.28. The largest absolute Gasteiger partial charge is 0.454 e. The number of carbonyl (C=O) groups is 3. The van der Waals surface area contributed by atoms with Gasteiger partial charge in [-0.05, 0) is 48.9 Å². The Hall–Kier alpha value is -2.47. The van der Waals surface area contributed by atoms with Crippen molar-refractivity contribution in [2.24, 2.45) is 0 Å². The third kappa shape index (κ3) is 3.23. The van der Waals surface area contributed by atoms with Gasteiger partial charge in [0.2, 0.25) is 5.91 Å². The summed E-state index contributed by atoms with van der Waals surface area (Å²) in [6, 6.07) is 11.7. The quantitative estimate of drug-likeness (QED) is 0.643. The van der Waals surface area contributed by atoms with Crippen molar-refractivity contribution in [1.29, 1.82) is 0 Å². The average molecular weight is 388 g/mol. The molecule has 0 radical (unpaired) electrons. The second kappa shape index (κ2) is 6.57. The third-order valence-corrected chi connectivity index (χ3v) is 4.38. The molecule has 0 aromatic heterocycles. The molecule has 2 aromatic rings. The van der Waals surface area contributed by atoms with Crippen molar-refractivity contribution < 1.29 is 19.1 Å². The Bertz CT molecular complexity index is 847. The van der Waals surface area contributed by atoms with E-state index in [1.54, 1.807) is 49.4 Å². The van der Waals surface area contributed by atoms with Crippen LogP contribution in [0.15, 0.2) is 46.9 Å². The second-order valence-electron chi connectivity index (χ2n) is 5.52. The van der Waals surface area contributed by atoms with Crippen LogP contribution >= 0.6 is 15.9 Å². The molecule has 0 aliphatic carbocycles. The molecule has 3 rings (SSSR count). The molecule has 0 saturated heterocycles. The van der Waals surface area contributed by atoms with Crippen LogP contribution < -0.4 is 5.32 Å². The lowest BCUT2D eigenvalue weighted by Crippen LogP contribution is -2.14. The number of benzene rings is 2. The van der Waals surface area contributed by atoms with Gasteiger partial charge in [0.05, 0.1) is 11.5 Å². The maximum absolute atomic E-state index is 12.2. The molecule has 0 spiro atoms. The number of hydrogen-bond donors (Lipinski definition) is 1. The van der Waals surface area contributed by atoms with Crippen LogP contribution in [-0.4, -0.2) is 24.3 Å². The number of halogens is 1. The van der Waals surface area contributed by atoms with Crippen molar-refractivity contribution in [3.63, 3.8) is 0 Å². The van der Waals surface area contributed by atoms with E-state index in [1.807, 2.05) is 0 Å². The molecule has 0 unspecified atom stereocenters. The van der Waals surface area contributed by atoms with E-state index in [2.05, 4.69) is 21.2 Å². The summed E-state index contributed by atoms with van der Waals surface area (Å²) in [4.78, 5) is 35.9. The molecule has 6 heteroatoms. The minimum Gasteiger partial charge on any atom is -0.454 e. The van der Waals surface area contributed by atoms with Gasteiger partial charge >= 0.3 is 5.97 Å². The van der Waals surface area contributed by atoms with Gasteiger partial charge in [0.1, 0.15) is 0 Å². The Labute approximate surface area is 147 Å². The first-order valence-electron chi connectivity index (χ1n) is 7.36. The molecule has 0 saturated carbocycles. The first-order valence-corrected chi connectivity index (χ1v) is 8.15. The number of ketones is 1. The highest BCUT2D eigenvalue weighted by Crippen LogP contribution is 2.32. The standard InChI is InChI=1S/C18H14BrNO4/c1-10-14-8-11(5-6-15(14)20-17(10)22)16(21)9-24-18(23)12-3-2-4-13(19)7-12/h2-8,10H,9H2,1H3,(H,20,22)/t10-/m1/s1. The molecule has 1 aliphatic heterocycles. The van der Waals surface area contributed by atoms with Gasteiger partial charge in [0, 0.05) is 15.7 Å². The van der Waals surface area contributed by atoms with Gasteiger partial charge in [-0.1, -0.05) is 22.0 Å². The summed E-state index contributed by atoms with van der Waals surface area (Å²) in [5.41, 5.74) is 2.29. The Balaban J connectivity index is 1.68. The third-order valence-electron chi connectivity index (χ3n) is 3.89. The fraction of sp³-hybridized carbons (Fsp3) is 0.167. The number of rotatable bonds is 4. The summed E-state index contributed by atoms with van der Waals surface area (Å²) in [7, 11) is 0. The number of Topliss-reactive ketones (excluding diaryl/α,β-unsaturated/α-hetero) is 1. The molecule has 122 valence electrons. The van der Waals surface area contributed by atoms with Crippen LogP contribution in [0.5, 0.6) is 0 Å². The Kier molecular flexibility index (Phi) is 4.49. The Morgan fingerprint density at radius 3 is 2.71 bits per heavy atom. The second-order valence-corrected chi connectivity index (χ2v) is 6.44. The van der Waals surface area contributed by atoms with Crippen LogP contribution in [0, 0.1) is 0 Å². The predicted molar refractivity (Wildman–Crippen MR) is 92.2 cm³/mol. The molecule has 1 aliphatic rings. The maximum Gasteiger partial charge on any atom is 0.338 e. The summed E-state index contributed by atoms with van der Waals surface area (Å²) in [5.74, 6) is -1.25. The molecule has 1 N–H and O–H groups in total. The molecule has 1 atom stereocenters. The van der Waals surface area contributed by atoms with Crippen LogP contribution in [0.25, 0.3) is 0 Å². The van der Waals surface area contributed by atoms with Crippen molar-refractivity contribution in [3.05, 3.63) is 63.6 Å². The van der Waals surface area contributed by atoms with Crippen molar-refractivity contribution in [3.8, 4) is 0 Å². The fourth-order valence-corrected chi connectivity index (χ4v) is 2.90. The molecular weight excluding hydrogens is 374 g/mol. The SMILES string of the molecule is C[C@H]1C(=O)Nc2ccc(C(=O)COC(=O)c3cccc(Br)c3)cc21. The van der Waals surface area contributed by atoms with Gasteiger partial charge in [0.25, 0.3) is 0 Å². The zero-order valence-corrected chi connectivity index (χ0v) is 14.4. The monoisotopic (exact) mass is 387 g/mol. The molecule has 1 amide bonds. The smallest absolute Gasteiger partial charge is 0.338 e. The van der Waals surface area contributed by atoms with Gasteiger partial charge in [-0.15, -0.1) is 0 Å². The highest BCUT2D eigenvalue weighted by atomic mass is 79.9. The number of fused-ring (bicyclic) bond motifs is 1. The van der Waals surface area contributed by atoms with E-state index in [4.69, 9.17) is 4.74 Å². The van der Waals surface area contributed by atoms with E-state index in [1.165, 1.54) is 0 Å². The van der Waals surface area contributed by atoms with Gasteiger partial charge < -0.3 is 10.1 Å². The van der Waals surface area contributed by atoms with Crippen LogP contribution in [0.1, 0.15) is 39.1 Å². The number of esters is 1. The molecule has 0 bridgehead atoms. The summed E-state index contributed by atoms with van der Waals surface area (Å²) < 4.78 is 5.83. The Morgan fingerprint density at radius 1 is 1.17 bits per heavy atom. The molecule has 0 fully saturated rings. The van der Waals surface area contributed by atoms with E-state index in [0.29, 0.717) is 11.1 Å². The summed E-state index contributed by atoms with van der Waals surface area (Å²) in [6.07, 6.45) is 0. The fourth-order valence-electron chi connectivity index (χ4n) is 2.50. The highest BCUT2D eigenvalue weighted by molar-refractivity contribution is 9.10. The van der Waals surface area contributed by atoms with Crippen LogP contribution in [0.3, 0.4) is 0 Å². The van der Waals surface area contributed by atoms with Crippen LogP contribution in [0.4, 0.5) is 5.69 Å². The van der Waals surface area contributed by atoms with E-state index in [0.717, 1.165) is 15.7 Å². The number of amides is 1. The molecule has 2 aromatic carbocycles. The first-order chi connectivity index (χ1) is 11.5. The van der Waals surface area contributed by atoms with E-state index < -0.39 is 5.97 Å². The number of hydrogen-bond acceptors (Lipinski definition) is 4. The number of nitrogens with one attached hydrogen (secondary N) is 1. The molecule has 1 heterocycles. The zero-order chi connectivity index (χ0) is 17.3.